The summed E-state index contributed by atoms with van der Waals surface area (Å²) >= 11 is 7.55. The molecular formula is C17H27ClN4OS. The van der Waals surface area contributed by atoms with Gasteiger partial charge in [0.05, 0.1) is 9.75 Å². The normalized spacial score (nSPS) is 16.9. The molecule has 0 radical (unpaired) electrons. The summed E-state index contributed by atoms with van der Waals surface area (Å²) in [5.74, 6) is 0.965. The number of nitrogens with zero attached hydrogens (tertiary/aromatic N) is 2. The number of amides is 1. The van der Waals surface area contributed by atoms with Crippen molar-refractivity contribution in [2.75, 3.05) is 34.2 Å². The number of aliphatic imine (C=N–C) groups is 1. The van der Waals surface area contributed by atoms with Gasteiger partial charge < -0.3 is 15.5 Å². The lowest BCUT2D eigenvalue weighted by Gasteiger charge is -2.31. The fourth-order valence-corrected chi connectivity index (χ4v) is 4.34. The highest BCUT2D eigenvalue weighted by Crippen LogP contribution is 2.38. The fraction of sp³-hybridized carbons (Fsp3) is 0.647. The van der Waals surface area contributed by atoms with Gasteiger partial charge in [-0.1, -0.05) is 24.4 Å². The summed E-state index contributed by atoms with van der Waals surface area (Å²) in [6, 6.07) is 3.97. The number of carbonyl (C=O) groups excluding carboxylic acids is 1. The van der Waals surface area contributed by atoms with Gasteiger partial charge in [0.2, 0.25) is 5.91 Å². The third-order valence-electron chi connectivity index (χ3n) is 4.53. The van der Waals surface area contributed by atoms with E-state index < -0.39 is 0 Å². The zero-order chi connectivity index (χ0) is 17.6. The molecule has 0 atom stereocenters. The van der Waals surface area contributed by atoms with Crippen LogP contribution in [-0.4, -0.2) is 51.0 Å². The second-order valence-electron chi connectivity index (χ2n) is 6.50. The van der Waals surface area contributed by atoms with Gasteiger partial charge >= 0.3 is 0 Å². The molecule has 1 amide bonds. The molecule has 1 saturated carbocycles. The van der Waals surface area contributed by atoms with Gasteiger partial charge in [-0.25, -0.2) is 0 Å². The van der Waals surface area contributed by atoms with Gasteiger partial charge in [-0.05, 0) is 31.4 Å². The molecule has 7 heteroatoms. The van der Waals surface area contributed by atoms with Crippen LogP contribution in [0.15, 0.2) is 17.1 Å². The van der Waals surface area contributed by atoms with E-state index in [2.05, 4.69) is 15.6 Å². The van der Waals surface area contributed by atoms with Gasteiger partial charge in [0.25, 0.3) is 0 Å². The zero-order valence-electron chi connectivity index (χ0n) is 14.7. The zero-order valence-corrected chi connectivity index (χ0v) is 16.3. The summed E-state index contributed by atoms with van der Waals surface area (Å²) in [6.45, 7) is 1.42. The maximum Gasteiger partial charge on any atom is 0.230 e. The molecular weight excluding hydrogens is 344 g/mol. The van der Waals surface area contributed by atoms with Crippen LogP contribution in [-0.2, 0) is 11.2 Å². The van der Waals surface area contributed by atoms with E-state index in [-0.39, 0.29) is 11.3 Å². The quantitative estimate of drug-likeness (QED) is 0.598. The Morgan fingerprint density at radius 1 is 1.33 bits per heavy atom. The molecule has 1 aromatic heterocycles. The third kappa shape index (κ3) is 4.86. The SMILES string of the molecule is CN=C(NCCc1ccc(Cl)s1)NCC1(C(=O)N(C)C)CCCC1. The van der Waals surface area contributed by atoms with Crippen LogP contribution >= 0.6 is 22.9 Å². The van der Waals surface area contributed by atoms with E-state index in [1.165, 1.54) is 4.88 Å². The van der Waals surface area contributed by atoms with E-state index in [0.717, 1.165) is 48.9 Å². The van der Waals surface area contributed by atoms with Crippen LogP contribution in [0.1, 0.15) is 30.6 Å². The van der Waals surface area contributed by atoms with Crippen molar-refractivity contribution in [2.24, 2.45) is 10.4 Å². The molecule has 0 aliphatic heterocycles. The lowest BCUT2D eigenvalue weighted by Crippen LogP contribution is -2.49. The first-order valence-electron chi connectivity index (χ1n) is 8.37. The van der Waals surface area contributed by atoms with Crippen LogP contribution < -0.4 is 10.6 Å². The number of thiophene rings is 1. The molecule has 1 heterocycles. The van der Waals surface area contributed by atoms with Crippen molar-refractivity contribution >= 4 is 34.8 Å². The molecule has 2 rings (SSSR count). The Balaban J connectivity index is 1.84. The lowest BCUT2D eigenvalue weighted by atomic mass is 9.84. The molecule has 0 aromatic carbocycles. The average molecular weight is 371 g/mol. The van der Waals surface area contributed by atoms with Crippen LogP contribution in [0.2, 0.25) is 4.34 Å². The number of rotatable bonds is 6. The third-order valence-corrected chi connectivity index (χ3v) is 5.82. The molecule has 2 N–H and O–H groups in total. The van der Waals surface area contributed by atoms with E-state index in [1.807, 2.05) is 26.2 Å². The Hall–Kier alpha value is -1.27. The molecule has 134 valence electrons. The minimum Gasteiger partial charge on any atom is -0.356 e. The van der Waals surface area contributed by atoms with Crippen molar-refractivity contribution in [3.63, 3.8) is 0 Å². The fourth-order valence-electron chi connectivity index (χ4n) is 3.26. The summed E-state index contributed by atoms with van der Waals surface area (Å²) in [4.78, 5) is 19.8. The van der Waals surface area contributed by atoms with Gasteiger partial charge in [0.1, 0.15) is 0 Å². The molecule has 1 aliphatic rings. The van der Waals surface area contributed by atoms with Crippen LogP contribution in [0.4, 0.5) is 0 Å². The van der Waals surface area contributed by atoms with Gasteiger partial charge in [0, 0.05) is 39.1 Å². The molecule has 1 aliphatic carbocycles. The molecule has 0 bridgehead atoms. The van der Waals surface area contributed by atoms with Gasteiger partial charge in [-0.15, -0.1) is 11.3 Å². The number of guanidine groups is 1. The molecule has 0 saturated heterocycles. The number of halogens is 1. The summed E-state index contributed by atoms with van der Waals surface area (Å²) in [5, 5.41) is 6.66. The first-order valence-corrected chi connectivity index (χ1v) is 9.57. The number of hydrogen-bond donors (Lipinski definition) is 2. The van der Waals surface area contributed by atoms with E-state index in [4.69, 9.17) is 11.6 Å². The Morgan fingerprint density at radius 3 is 2.58 bits per heavy atom. The molecule has 0 spiro atoms. The monoisotopic (exact) mass is 370 g/mol. The maximum absolute atomic E-state index is 12.6. The van der Waals surface area contributed by atoms with E-state index in [9.17, 15) is 4.79 Å². The number of nitrogens with one attached hydrogen (secondary N) is 2. The highest BCUT2D eigenvalue weighted by atomic mass is 35.5. The predicted molar refractivity (Wildman–Crippen MR) is 102 cm³/mol. The van der Waals surface area contributed by atoms with E-state index in [0.29, 0.717) is 6.54 Å². The molecule has 0 unspecified atom stereocenters. The van der Waals surface area contributed by atoms with E-state index >= 15 is 0 Å². The Morgan fingerprint density at radius 2 is 2.04 bits per heavy atom. The first-order chi connectivity index (χ1) is 11.5. The van der Waals surface area contributed by atoms with Gasteiger partial charge in [-0.3, -0.25) is 9.79 Å². The summed E-state index contributed by atoms with van der Waals surface area (Å²) < 4.78 is 0.817. The van der Waals surface area contributed by atoms with Crippen LogP contribution in [0.25, 0.3) is 0 Å². The Kier molecular flexibility index (Phi) is 6.92. The van der Waals surface area contributed by atoms with Crippen molar-refractivity contribution in [3.05, 3.63) is 21.3 Å². The van der Waals surface area contributed by atoms with Gasteiger partial charge in [0.15, 0.2) is 5.96 Å². The van der Waals surface area contributed by atoms with E-state index in [1.54, 1.807) is 23.3 Å². The average Bonchev–Trinajstić information content (AvgIpc) is 3.19. The highest BCUT2D eigenvalue weighted by Gasteiger charge is 2.42. The highest BCUT2D eigenvalue weighted by molar-refractivity contribution is 7.16. The maximum atomic E-state index is 12.6. The second kappa shape index (κ2) is 8.72. The molecule has 24 heavy (non-hydrogen) atoms. The topological polar surface area (TPSA) is 56.7 Å². The molecule has 5 nitrogen and oxygen atoms in total. The molecule has 1 aromatic rings. The summed E-state index contributed by atoms with van der Waals surface area (Å²) in [5.41, 5.74) is -0.289. The number of hydrogen-bond acceptors (Lipinski definition) is 3. The Bertz CT molecular complexity index is 579. The minimum absolute atomic E-state index is 0.219. The predicted octanol–water partition coefficient (Wildman–Crippen LogP) is 2.76. The Labute approximate surface area is 153 Å². The standard InChI is InChI=1S/C17H27ClN4OS/c1-19-16(20-11-8-13-6-7-14(18)24-13)21-12-17(9-4-5-10-17)15(23)22(2)3/h6-7H,4-5,8-12H2,1-3H3,(H2,19,20,21). The number of carbonyl (C=O) groups is 1. The largest absolute Gasteiger partial charge is 0.356 e. The minimum atomic E-state index is -0.289. The lowest BCUT2D eigenvalue weighted by molar-refractivity contribution is -0.138. The van der Waals surface area contributed by atoms with Crippen molar-refractivity contribution in [2.45, 2.75) is 32.1 Å². The molecule has 1 fully saturated rings. The van der Waals surface area contributed by atoms with Crippen molar-refractivity contribution < 1.29 is 4.79 Å². The summed E-state index contributed by atoms with van der Waals surface area (Å²) in [7, 11) is 5.43. The van der Waals surface area contributed by atoms with Crippen LogP contribution in [0.5, 0.6) is 0 Å². The van der Waals surface area contributed by atoms with Gasteiger partial charge in [-0.2, -0.15) is 0 Å². The smallest absolute Gasteiger partial charge is 0.230 e. The van der Waals surface area contributed by atoms with Crippen molar-refractivity contribution in [1.82, 2.24) is 15.5 Å². The second-order valence-corrected chi connectivity index (χ2v) is 8.30. The van der Waals surface area contributed by atoms with Crippen molar-refractivity contribution in [3.8, 4) is 0 Å². The van der Waals surface area contributed by atoms with Crippen LogP contribution in [0, 0.1) is 5.41 Å². The first kappa shape index (κ1) is 19.1. The van der Waals surface area contributed by atoms with Crippen molar-refractivity contribution in [1.29, 1.82) is 0 Å². The van der Waals surface area contributed by atoms with Crippen LogP contribution in [0.3, 0.4) is 0 Å². The summed E-state index contributed by atoms with van der Waals surface area (Å²) in [6.07, 6.45) is 5.03.